The molecule has 6 nitrogen and oxygen atoms in total. The molecule has 2 N–H and O–H groups in total. The van der Waals surface area contributed by atoms with Gasteiger partial charge in [-0.15, -0.1) is 0 Å². The summed E-state index contributed by atoms with van der Waals surface area (Å²) in [5.41, 5.74) is 4.52. The van der Waals surface area contributed by atoms with Crippen LogP contribution in [0.3, 0.4) is 0 Å². The van der Waals surface area contributed by atoms with Crippen LogP contribution in [0.1, 0.15) is 38.5 Å². The monoisotopic (exact) mass is 353 g/mol. The maximum absolute atomic E-state index is 12.7. The van der Waals surface area contributed by atoms with Gasteiger partial charge in [0.15, 0.2) is 0 Å². The van der Waals surface area contributed by atoms with Gasteiger partial charge in [-0.05, 0) is 50.0 Å². The van der Waals surface area contributed by atoms with Crippen molar-refractivity contribution in [3.05, 3.63) is 0 Å². The summed E-state index contributed by atoms with van der Waals surface area (Å²) in [4.78, 5) is 40.5. The lowest BCUT2D eigenvalue weighted by molar-refractivity contribution is -0.148. The molecule has 2 aliphatic heterocycles. The minimum absolute atomic E-state index is 0.0840. The number of piperidine rings is 2. The Morgan fingerprint density at radius 3 is 2.71 bits per heavy atom. The molecule has 1 saturated carbocycles. The standard InChI is InChI=1S/C17H27N3O3S/c1-24-10-2-8-20-13-5-9-19(11-12(13)3-4-14(20)21)16(23)17(6-7-17)15(18)22/h12-13H,2-11H2,1H3,(H2,18,22). The van der Waals surface area contributed by atoms with Crippen molar-refractivity contribution >= 4 is 29.5 Å². The first-order valence-corrected chi connectivity index (χ1v) is 10.3. The summed E-state index contributed by atoms with van der Waals surface area (Å²) in [6.07, 6.45) is 6.51. The van der Waals surface area contributed by atoms with Crippen LogP contribution in [0.15, 0.2) is 0 Å². The van der Waals surface area contributed by atoms with E-state index in [9.17, 15) is 14.4 Å². The Hall–Kier alpha value is -1.24. The predicted octanol–water partition coefficient (Wildman–Crippen LogP) is 0.845. The Balaban J connectivity index is 1.63. The molecule has 2 unspecified atom stereocenters. The fourth-order valence-corrected chi connectivity index (χ4v) is 4.62. The third-order valence-corrected chi connectivity index (χ3v) is 6.51. The van der Waals surface area contributed by atoms with Crippen LogP contribution in [0.4, 0.5) is 0 Å². The van der Waals surface area contributed by atoms with E-state index in [1.54, 1.807) is 11.8 Å². The van der Waals surface area contributed by atoms with Crippen LogP contribution in [0.5, 0.6) is 0 Å². The summed E-state index contributed by atoms with van der Waals surface area (Å²) in [6.45, 7) is 2.10. The molecular formula is C17H27N3O3S. The minimum Gasteiger partial charge on any atom is -0.369 e. The second-order valence-electron chi connectivity index (χ2n) is 7.29. The maximum Gasteiger partial charge on any atom is 0.238 e. The number of nitrogens with zero attached hydrogens (tertiary/aromatic N) is 2. The van der Waals surface area contributed by atoms with E-state index in [4.69, 9.17) is 5.73 Å². The van der Waals surface area contributed by atoms with E-state index in [0.29, 0.717) is 38.3 Å². The Morgan fingerprint density at radius 2 is 2.08 bits per heavy atom. The van der Waals surface area contributed by atoms with Gasteiger partial charge in [0.05, 0.1) is 0 Å². The molecule has 7 heteroatoms. The molecule has 3 fully saturated rings. The fraction of sp³-hybridized carbons (Fsp3) is 0.824. The van der Waals surface area contributed by atoms with Gasteiger partial charge in [0.2, 0.25) is 17.7 Å². The number of fused-ring (bicyclic) bond motifs is 1. The lowest BCUT2D eigenvalue weighted by Gasteiger charge is -2.47. The van der Waals surface area contributed by atoms with Crippen LogP contribution < -0.4 is 5.73 Å². The maximum atomic E-state index is 12.7. The van der Waals surface area contributed by atoms with Gasteiger partial charge in [0, 0.05) is 32.1 Å². The predicted molar refractivity (Wildman–Crippen MR) is 93.3 cm³/mol. The topological polar surface area (TPSA) is 83.7 Å². The smallest absolute Gasteiger partial charge is 0.238 e. The van der Waals surface area contributed by atoms with Crippen molar-refractivity contribution in [1.29, 1.82) is 0 Å². The van der Waals surface area contributed by atoms with E-state index in [-0.39, 0.29) is 17.9 Å². The highest BCUT2D eigenvalue weighted by Crippen LogP contribution is 2.47. The zero-order valence-electron chi connectivity index (χ0n) is 14.3. The molecule has 0 aromatic carbocycles. The van der Waals surface area contributed by atoms with Crippen LogP contribution in [-0.2, 0) is 14.4 Å². The number of nitrogens with two attached hydrogens (primary N) is 1. The Morgan fingerprint density at radius 1 is 1.33 bits per heavy atom. The van der Waals surface area contributed by atoms with Crippen molar-refractivity contribution in [3.8, 4) is 0 Å². The number of thioether (sulfide) groups is 1. The Kier molecular flexibility index (Phi) is 5.08. The molecule has 2 heterocycles. The zero-order chi connectivity index (χ0) is 17.3. The number of hydrogen-bond donors (Lipinski definition) is 1. The summed E-state index contributed by atoms with van der Waals surface area (Å²) in [5.74, 6) is 1.09. The molecule has 134 valence electrons. The number of rotatable bonds is 6. The second-order valence-corrected chi connectivity index (χ2v) is 8.27. The molecule has 0 spiro atoms. The van der Waals surface area contributed by atoms with E-state index >= 15 is 0 Å². The highest BCUT2D eigenvalue weighted by molar-refractivity contribution is 7.98. The number of amides is 3. The zero-order valence-corrected chi connectivity index (χ0v) is 15.1. The van der Waals surface area contributed by atoms with E-state index in [2.05, 4.69) is 6.26 Å². The third-order valence-electron chi connectivity index (χ3n) is 5.81. The number of carbonyl (C=O) groups excluding carboxylic acids is 3. The van der Waals surface area contributed by atoms with Gasteiger partial charge < -0.3 is 15.5 Å². The van der Waals surface area contributed by atoms with Crippen molar-refractivity contribution in [2.45, 2.75) is 44.6 Å². The molecule has 0 aromatic rings. The molecule has 3 amide bonds. The van der Waals surface area contributed by atoms with Crippen LogP contribution in [0, 0.1) is 11.3 Å². The van der Waals surface area contributed by atoms with E-state index in [1.165, 1.54) is 0 Å². The first-order valence-electron chi connectivity index (χ1n) is 8.87. The summed E-state index contributed by atoms with van der Waals surface area (Å²) in [7, 11) is 0. The molecule has 0 bridgehead atoms. The lowest BCUT2D eigenvalue weighted by atomic mass is 9.83. The van der Waals surface area contributed by atoms with Crippen molar-refractivity contribution in [2.24, 2.45) is 17.1 Å². The summed E-state index contributed by atoms with van der Waals surface area (Å²) >= 11 is 1.80. The van der Waals surface area contributed by atoms with E-state index < -0.39 is 11.3 Å². The molecular weight excluding hydrogens is 326 g/mol. The van der Waals surface area contributed by atoms with Gasteiger partial charge in [-0.25, -0.2) is 0 Å². The molecule has 2 saturated heterocycles. The van der Waals surface area contributed by atoms with Crippen LogP contribution >= 0.6 is 11.8 Å². The summed E-state index contributed by atoms with van der Waals surface area (Å²) in [6, 6.07) is 0.251. The van der Waals surface area contributed by atoms with Gasteiger partial charge in [-0.2, -0.15) is 11.8 Å². The molecule has 3 aliphatic rings. The second kappa shape index (κ2) is 6.94. The van der Waals surface area contributed by atoms with Gasteiger partial charge in [-0.3, -0.25) is 14.4 Å². The SMILES string of the molecule is CSCCCN1C(=O)CCC2CN(C(=O)C3(C(N)=O)CC3)CCC21. The summed E-state index contributed by atoms with van der Waals surface area (Å²) < 4.78 is 0. The highest BCUT2D eigenvalue weighted by atomic mass is 32.2. The van der Waals surface area contributed by atoms with Crippen molar-refractivity contribution in [3.63, 3.8) is 0 Å². The largest absolute Gasteiger partial charge is 0.369 e. The first kappa shape index (κ1) is 17.6. The van der Waals surface area contributed by atoms with Gasteiger partial charge in [0.1, 0.15) is 5.41 Å². The molecule has 3 rings (SSSR count). The average Bonchev–Trinajstić information content (AvgIpc) is 3.38. The van der Waals surface area contributed by atoms with Crippen molar-refractivity contribution < 1.29 is 14.4 Å². The first-order chi connectivity index (χ1) is 11.5. The van der Waals surface area contributed by atoms with Crippen molar-refractivity contribution in [2.75, 3.05) is 31.6 Å². The molecule has 24 heavy (non-hydrogen) atoms. The van der Waals surface area contributed by atoms with Gasteiger partial charge in [0.25, 0.3) is 0 Å². The molecule has 0 radical (unpaired) electrons. The van der Waals surface area contributed by atoms with E-state index in [0.717, 1.165) is 31.6 Å². The average molecular weight is 353 g/mol. The third kappa shape index (κ3) is 3.15. The van der Waals surface area contributed by atoms with Crippen LogP contribution in [0.2, 0.25) is 0 Å². The van der Waals surface area contributed by atoms with Crippen molar-refractivity contribution in [1.82, 2.24) is 9.80 Å². The quantitative estimate of drug-likeness (QED) is 0.567. The number of carbonyl (C=O) groups is 3. The molecule has 2 atom stereocenters. The van der Waals surface area contributed by atoms with Crippen LogP contribution in [0.25, 0.3) is 0 Å². The summed E-state index contributed by atoms with van der Waals surface area (Å²) in [5, 5.41) is 0. The van der Waals surface area contributed by atoms with Gasteiger partial charge in [-0.1, -0.05) is 0 Å². The number of likely N-dealkylation sites (tertiary alicyclic amines) is 2. The minimum atomic E-state index is -0.921. The Bertz CT molecular complexity index is 535. The Labute approximate surface area is 147 Å². The normalized spacial score (nSPS) is 28.5. The highest BCUT2D eigenvalue weighted by Gasteiger charge is 2.57. The molecule has 0 aromatic heterocycles. The number of hydrogen-bond acceptors (Lipinski definition) is 4. The lowest BCUT2D eigenvalue weighted by Crippen LogP contribution is -2.58. The van der Waals surface area contributed by atoms with Crippen LogP contribution in [-0.4, -0.2) is 65.2 Å². The van der Waals surface area contributed by atoms with Gasteiger partial charge >= 0.3 is 0 Å². The number of primary amides is 1. The molecule has 1 aliphatic carbocycles. The van der Waals surface area contributed by atoms with E-state index in [1.807, 2.05) is 9.80 Å². The fourth-order valence-electron chi connectivity index (χ4n) is 4.20.